The van der Waals surface area contributed by atoms with Crippen LogP contribution in [0.1, 0.15) is 278 Å². The number of hydrogen-bond acceptors (Lipinski definition) is 11. The van der Waals surface area contributed by atoms with Gasteiger partial charge in [0.05, 0.1) is 6.61 Å². The quantitative estimate of drug-likeness (QED) is 0.0228. The molecule has 12 nitrogen and oxygen atoms in total. The van der Waals surface area contributed by atoms with Crippen LogP contribution in [-0.2, 0) is 42.9 Å². The Bertz CT molecular complexity index is 1570. The first-order chi connectivity index (χ1) is 37.6. The number of aliphatic hydroxyl groups is 2. The molecule has 12 heteroatoms. The third kappa shape index (κ3) is 43.0. The maximum Gasteiger partial charge on any atom is 0.335 e. The number of aliphatic hydroxyl groups excluding tert-OH is 2. The monoisotopic (exact) mass is 1080 g/mol. The summed E-state index contributed by atoms with van der Waals surface area (Å²) in [6, 6.07) is 0. The van der Waals surface area contributed by atoms with Crippen LogP contribution in [0.5, 0.6) is 0 Å². The molecule has 0 radical (unpaired) electrons. The van der Waals surface area contributed by atoms with Gasteiger partial charge in [0.15, 0.2) is 24.6 Å². The highest BCUT2D eigenvalue weighted by atomic mass is 16.7. The van der Waals surface area contributed by atoms with E-state index in [1.807, 2.05) is 0 Å². The van der Waals surface area contributed by atoms with E-state index >= 15 is 0 Å². The number of esters is 3. The van der Waals surface area contributed by atoms with Gasteiger partial charge < -0.3 is 39.0 Å². The molecule has 0 aromatic heterocycles. The first-order valence-electron chi connectivity index (χ1n) is 31.3. The van der Waals surface area contributed by atoms with Crippen LogP contribution in [0.4, 0.5) is 0 Å². The Hall–Kier alpha value is -3.58. The Morgan fingerprint density at radius 2 is 0.831 bits per heavy atom. The van der Waals surface area contributed by atoms with E-state index < -0.39 is 67.3 Å². The van der Waals surface area contributed by atoms with Crippen molar-refractivity contribution in [2.24, 2.45) is 0 Å². The lowest BCUT2D eigenvalue weighted by molar-refractivity contribution is -0.301. The molecule has 1 saturated heterocycles. The molecule has 1 fully saturated rings. The normalized spacial score (nSPS) is 18.4. The van der Waals surface area contributed by atoms with Crippen molar-refractivity contribution in [3.05, 3.63) is 60.8 Å². The number of hydrogen-bond donors (Lipinski definition) is 3. The van der Waals surface area contributed by atoms with E-state index in [1.54, 1.807) is 0 Å². The molecular formula is C65H112O12. The number of carboxylic acids is 1. The third-order valence-electron chi connectivity index (χ3n) is 14.1. The smallest absolute Gasteiger partial charge is 0.335 e. The largest absolute Gasteiger partial charge is 0.479 e. The Labute approximate surface area is 468 Å². The minimum absolute atomic E-state index is 0.0471. The molecule has 6 unspecified atom stereocenters. The highest BCUT2D eigenvalue weighted by molar-refractivity contribution is 5.74. The van der Waals surface area contributed by atoms with Crippen molar-refractivity contribution in [1.29, 1.82) is 0 Å². The number of rotatable bonds is 53. The topological polar surface area (TPSA) is 175 Å². The van der Waals surface area contributed by atoms with Gasteiger partial charge in [-0.3, -0.25) is 14.4 Å². The average molecular weight is 1090 g/mol. The fraction of sp³-hybridized carbons (Fsp3) is 0.785. The fourth-order valence-electron chi connectivity index (χ4n) is 9.28. The lowest BCUT2D eigenvalue weighted by Gasteiger charge is -2.40. The van der Waals surface area contributed by atoms with Gasteiger partial charge >= 0.3 is 23.9 Å². The summed E-state index contributed by atoms with van der Waals surface area (Å²) in [7, 11) is 0. The maximum atomic E-state index is 13.2. The molecule has 0 aromatic carbocycles. The van der Waals surface area contributed by atoms with E-state index in [2.05, 4.69) is 81.5 Å². The molecule has 0 spiro atoms. The van der Waals surface area contributed by atoms with Crippen LogP contribution in [0.15, 0.2) is 60.8 Å². The fourth-order valence-corrected chi connectivity index (χ4v) is 9.28. The highest BCUT2D eigenvalue weighted by Gasteiger charge is 2.50. The first kappa shape index (κ1) is 71.4. The second-order valence-electron chi connectivity index (χ2n) is 21.3. The SMILES string of the molecule is CC/C=C\C/C=C\C/C=C\C/C=C\CCCCCCC(=O)OC(COC(=O)CCCCCCCCCCCCCCCCCCCCC)COC1OC(C(=O)O)C(O)C(O)C1OC(=O)CCCCCCC/C=C\CCCC. The maximum absolute atomic E-state index is 13.2. The lowest BCUT2D eigenvalue weighted by Crippen LogP contribution is -2.61. The molecule has 6 atom stereocenters. The van der Waals surface area contributed by atoms with Crippen molar-refractivity contribution in [2.45, 2.75) is 314 Å². The van der Waals surface area contributed by atoms with Crippen LogP contribution in [0.2, 0.25) is 0 Å². The summed E-state index contributed by atoms with van der Waals surface area (Å²) in [4.78, 5) is 51.2. The number of unbranched alkanes of at least 4 members (excludes halogenated alkanes) is 29. The zero-order chi connectivity index (χ0) is 56.1. The predicted octanol–water partition coefficient (Wildman–Crippen LogP) is 16.3. The van der Waals surface area contributed by atoms with E-state index in [0.29, 0.717) is 19.3 Å². The lowest BCUT2D eigenvalue weighted by atomic mass is 9.98. The molecule has 0 bridgehead atoms. The molecule has 1 aliphatic rings. The number of carbonyl (C=O) groups is 4. The average Bonchev–Trinajstić information content (AvgIpc) is 3.42. The van der Waals surface area contributed by atoms with Gasteiger partial charge in [-0.1, -0.05) is 242 Å². The predicted molar refractivity (Wildman–Crippen MR) is 312 cm³/mol. The Morgan fingerprint density at radius 1 is 0.442 bits per heavy atom. The summed E-state index contributed by atoms with van der Waals surface area (Å²) in [5.41, 5.74) is 0. The zero-order valence-corrected chi connectivity index (χ0v) is 49.0. The Kier molecular flexibility index (Phi) is 49.2. The summed E-state index contributed by atoms with van der Waals surface area (Å²) in [5.74, 6) is -3.15. The van der Waals surface area contributed by atoms with Crippen LogP contribution < -0.4 is 0 Å². The number of aliphatic carboxylic acids is 1. The molecule has 77 heavy (non-hydrogen) atoms. The Balaban J connectivity index is 2.66. The van der Waals surface area contributed by atoms with Crippen molar-refractivity contribution in [3.8, 4) is 0 Å². The van der Waals surface area contributed by atoms with Crippen molar-refractivity contribution in [3.63, 3.8) is 0 Å². The van der Waals surface area contributed by atoms with Gasteiger partial charge in [-0.2, -0.15) is 0 Å². The number of allylic oxidation sites excluding steroid dienone is 10. The van der Waals surface area contributed by atoms with Crippen LogP contribution in [0.25, 0.3) is 0 Å². The summed E-state index contributed by atoms with van der Waals surface area (Å²) in [5, 5.41) is 31.5. The zero-order valence-electron chi connectivity index (χ0n) is 49.0. The van der Waals surface area contributed by atoms with Crippen LogP contribution in [0, 0.1) is 0 Å². The summed E-state index contributed by atoms with van der Waals surface area (Å²) < 4.78 is 28.4. The molecular weight excluding hydrogens is 973 g/mol. The van der Waals surface area contributed by atoms with Crippen LogP contribution in [-0.4, -0.2) is 89.2 Å². The van der Waals surface area contributed by atoms with Crippen molar-refractivity contribution in [1.82, 2.24) is 0 Å². The molecule has 1 rings (SSSR count). The molecule has 1 aliphatic heterocycles. The molecule has 0 aromatic rings. The molecule has 1 heterocycles. The highest BCUT2D eigenvalue weighted by Crippen LogP contribution is 2.27. The second kappa shape index (κ2) is 53.1. The van der Waals surface area contributed by atoms with E-state index in [0.717, 1.165) is 109 Å². The van der Waals surface area contributed by atoms with Gasteiger partial charge in [0.25, 0.3) is 0 Å². The van der Waals surface area contributed by atoms with Gasteiger partial charge in [0.1, 0.15) is 18.8 Å². The van der Waals surface area contributed by atoms with Gasteiger partial charge in [0, 0.05) is 19.3 Å². The van der Waals surface area contributed by atoms with E-state index in [4.69, 9.17) is 23.7 Å². The van der Waals surface area contributed by atoms with Crippen molar-refractivity contribution >= 4 is 23.9 Å². The van der Waals surface area contributed by atoms with Crippen LogP contribution in [0.3, 0.4) is 0 Å². The van der Waals surface area contributed by atoms with Crippen molar-refractivity contribution in [2.75, 3.05) is 13.2 Å². The molecule has 0 saturated carbocycles. The molecule has 444 valence electrons. The van der Waals surface area contributed by atoms with Gasteiger partial charge in [-0.15, -0.1) is 0 Å². The Morgan fingerprint density at radius 3 is 1.30 bits per heavy atom. The van der Waals surface area contributed by atoms with Crippen LogP contribution >= 0.6 is 0 Å². The summed E-state index contributed by atoms with van der Waals surface area (Å²) in [6.45, 7) is 5.84. The molecule has 3 N–H and O–H groups in total. The molecule has 0 aliphatic carbocycles. The summed E-state index contributed by atoms with van der Waals surface area (Å²) >= 11 is 0. The van der Waals surface area contributed by atoms with Gasteiger partial charge in [-0.25, -0.2) is 4.79 Å². The second-order valence-corrected chi connectivity index (χ2v) is 21.3. The number of carbonyl (C=O) groups excluding carboxylic acids is 3. The summed E-state index contributed by atoms with van der Waals surface area (Å²) in [6.07, 6.45) is 53.4. The standard InChI is InChI=1S/C65H112O12/c1-4-7-10-13-16-19-22-24-26-28-29-31-32-34-37-39-42-45-48-51-57(66)73-54-56(75-58(67)52-49-46-43-41-38-35-33-30-27-25-23-20-17-14-11-8-5-2)55-74-65-63(61(70)60(69)62(77-65)64(71)72)76-59(68)53-50-47-44-40-36-21-18-15-12-9-6-3/h8,11,15,17-18,20,25,27,33,35,56,60-63,65,69-70H,4-7,9-10,12-14,16,19,21-24,26,28-32,34,36-55H2,1-3H3,(H,71,72)/b11-8-,18-15-,20-17-,27-25-,35-33-. The minimum atomic E-state index is -1.91. The van der Waals surface area contributed by atoms with Gasteiger partial charge in [0.2, 0.25) is 0 Å². The van der Waals surface area contributed by atoms with E-state index in [-0.39, 0.29) is 25.9 Å². The van der Waals surface area contributed by atoms with Crippen molar-refractivity contribution < 1.29 is 58.2 Å². The molecule has 0 amide bonds. The number of ether oxygens (including phenoxy) is 5. The van der Waals surface area contributed by atoms with Gasteiger partial charge in [-0.05, 0) is 77.0 Å². The third-order valence-corrected chi connectivity index (χ3v) is 14.1. The van der Waals surface area contributed by atoms with E-state index in [9.17, 15) is 34.5 Å². The minimum Gasteiger partial charge on any atom is -0.479 e. The first-order valence-corrected chi connectivity index (χ1v) is 31.3. The van der Waals surface area contributed by atoms with E-state index in [1.165, 1.54) is 109 Å². The number of carboxylic acid groups (broad SMARTS) is 1.